The summed E-state index contributed by atoms with van der Waals surface area (Å²) < 4.78 is 27.5. The molecule has 1 aliphatic rings. The van der Waals surface area contributed by atoms with Crippen LogP contribution in [0.5, 0.6) is 0 Å². The van der Waals surface area contributed by atoms with Crippen molar-refractivity contribution in [3.63, 3.8) is 0 Å². The first-order valence-corrected chi connectivity index (χ1v) is 12.5. The number of hydrogen-bond donors (Lipinski definition) is 2. The predicted molar refractivity (Wildman–Crippen MR) is 128 cm³/mol. The first-order chi connectivity index (χ1) is 15.9. The highest BCUT2D eigenvalue weighted by molar-refractivity contribution is 7.92. The first-order valence-electron chi connectivity index (χ1n) is 11.0. The van der Waals surface area contributed by atoms with Gasteiger partial charge in [-0.1, -0.05) is 72.3 Å². The number of nitrogens with one attached hydrogen (secondary N) is 1. The van der Waals surface area contributed by atoms with Gasteiger partial charge in [0.15, 0.2) is 9.84 Å². The van der Waals surface area contributed by atoms with Crippen LogP contribution in [0.4, 0.5) is 0 Å². The van der Waals surface area contributed by atoms with Gasteiger partial charge in [-0.05, 0) is 35.7 Å². The zero-order valence-electron chi connectivity index (χ0n) is 18.5. The Labute approximate surface area is 194 Å². The lowest BCUT2D eigenvalue weighted by atomic mass is 9.94. The van der Waals surface area contributed by atoms with Gasteiger partial charge in [0.1, 0.15) is 5.37 Å². The molecule has 4 rings (SSSR count). The largest absolute Gasteiger partial charge is 0.481 e. The minimum atomic E-state index is -3.65. The van der Waals surface area contributed by atoms with Crippen molar-refractivity contribution in [1.29, 1.82) is 0 Å². The maximum absolute atomic E-state index is 13.7. The molecule has 0 amide bonds. The van der Waals surface area contributed by atoms with Gasteiger partial charge in [-0.15, -0.1) is 0 Å². The molecule has 6 nitrogen and oxygen atoms in total. The third kappa shape index (κ3) is 5.16. The van der Waals surface area contributed by atoms with Crippen LogP contribution in [0, 0.1) is 6.92 Å². The molecule has 1 heterocycles. The van der Waals surface area contributed by atoms with E-state index in [-0.39, 0.29) is 12.5 Å². The molecule has 172 valence electrons. The fraction of sp³-hybridized carbons (Fsp3) is 0.269. The molecule has 33 heavy (non-hydrogen) atoms. The Balaban J connectivity index is 1.80. The van der Waals surface area contributed by atoms with Crippen LogP contribution in [-0.4, -0.2) is 49.4 Å². The van der Waals surface area contributed by atoms with Crippen molar-refractivity contribution in [3.05, 3.63) is 101 Å². The van der Waals surface area contributed by atoms with Gasteiger partial charge in [-0.2, -0.15) is 0 Å². The molecule has 0 saturated carbocycles. The first kappa shape index (κ1) is 23.2. The normalized spacial score (nSPS) is 18.0. The van der Waals surface area contributed by atoms with Gasteiger partial charge in [0.05, 0.1) is 17.4 Å². The van der Waals surface area contributed by atoms with E-state index >= 15 is 0 Å². The smallest absolute Gasteiger partial charge is 0.307 e. The van der Waals surface area contributed by atoms with E-state index in [0.717, 1.165) is 16.7 Å². The minimum absolute atomic E-state index is 0.0814. The molecule has 2 atom stereocenters. The number of rotatable bonds is 7. The monoisotopic (exact) mass is 464 g/mol. The predicted octanol–water partition coefficient (Wildman–Crippen LogP) is 3.42. The second-order valence-electron chi connectivity index (χ2n) is 8.38. The van der Waals surface area contributed by atoms with Crippen molar-refractivity contribution in [1.82, 2.24) is 10.2 Å². The van der Waals surface area contributed by atoms with Crippen LogP contribution >= 0.6 is 0 Å². The summed E-state index contributed by atoms with van der Waals surface area (Å²) in [6.07, 6.45) is -0.0814. The Hall–Kier alpha value is -3.00. The molecule has 2 N–H and O–H groups in total. The van der Waals surface area contributed by atoms with E-state index in [1.165, 1.54) is 0 Å². The van der Waals surface area contributed by atoms with Gasteiger partial charge in [-0.25, -0.2) is 8.42 Å². The average molecular weight is 465 g/mol. The average Bonchev–Trinajstić information content (AvgIpc) is 2.80. The SMILES string of the molecule is Cc1ccc(S(=O)(=O)C2CNCCN2C(c2ccccc2)c2cccc(CC(=O)O)c2)cc1. The summed E-state index contributed by atoms with van der Waals surface area (Å²) in [7, 11) is -3.65. The van der Waals surface area contributed by atoms with Crippen LogP contribution in [-0.2, 0) is 21.1 Å². The second kappa shape index (κ2) is 9.87. The lowest BCUT2D eigenvalue weighted by Gasteiger charge is -2.41. The number of nitrogens with zero attached hydrogens (tertiary/aromatic N) is 1. The number of carbonyl (C=O) groups is 1. The number of hydrogen-bond acceptors (Lipinski definition) is 5. The topological polar surface area (TPSA) is 86.7 Å². The van der Waals surface area contributed by atoms with Crippen molar-refractivity contribution in [2.24, 2.45) is 0 Å². The van der Waals surface area contributed by atoms with Crippen molar-refractivity contribution in [2.45, 2.75) is 29.7 Å². The summed E-state index contributed by atoms with van der Waals surface area (Å²) in [5.74, 6) is -0.898. The number of aryl methyl sites for hydroxylation is 1. The highest BCUT2D eigenvalue weighted by Gasteiger charge is 2.39. The summed E-state index contributed by atoms with van der Waals surface area (Å²) in [5.41, 5.74) is 3.54. The number of benzene rings is 3. The van der Waals surface area contributed by atoms with E-state index in [2.05, 4.69) is 5.32 Å². The maximum atomic E-state index is 13.7. The number of aliphatic carboxylic acids is 1. The molecule has 2 unspecified atom stereocenters. The van der Waals surface area contributed by atoms with Crippen LogP contribution in [0.2, 0.25) is 0 Å². The van der Waals surface area contributed by atoms with E-state index in [1.54, 1.807) is 18.2 Å². The van der Waals surface area contributed by atoms with Crippen molar-refractivity contribution in [3.8, 4) is 0 Å². The molecular formula is C26H28N2O4S. The van der Waals surface area contributed by atoms with Gasteiger partial charge in [0.25, 0.3) is 0 Å². The Morgan fingerprint density at radius 1 is 1.03 bits per heavy atom. The van der Waals surface area contributed by atoms with Gasteiger partial charge in [0.2, 0.25) is 0 Å². The van der Waals surface area contributed by atoms with E-state index in [0.29, 0.717) is 30.1 Å². The molecule has 0 aromatic heterocycles. The minimum Gasteiger partial charge on any atom is -0.481 e. The van der Waals surface area contributed by atoms with Gasteiger partial charge in [-0.3, -0.25) is 9.69 Å². The van der Waals surface area contributed by atoms with E-state index in [4.69, 9.17) is 0 Å². The third-order valence-corrected chi connectivity index (χ3v) is 8.10. The lowest BCUT2D eigenvalue weighted by Crippen LogP contribution is -2.55. The van der Waals surface area contributed by atoms with Crippen LogP contribution < -0.4 is 5.32 Å². The zero-order valence-corrected chi connectivity index (χ0v) is 19.3. The lowest BCUT2D eigenvalue weighted by molar-refractivity contribution is -0.136. The maximum Gasteiger partial charge on any atom is 0.307 e. The summed E-state index contributed by atoms with van der Waals surface area (Å²) in [5, 5.41) is 11.7. The standard InChI is InChI=1S/C26H28N2O4S/c1-19-10-12-23(13-11-19)33(31,32)24-18-27-14-15-28(24)26(21-7-3-2-4-8-21)22-9-5-6-20(16-22)17-25(29)30/h2-13,16,24,26-27H,14-15,17-18H2,1H3,(H,29,30). The Bertz CT molecular complexity index is 1210. The molecule has 1 saturated heterocycles. The van der Waals surface area contributed by atoms with E-state index in [1.807, 2.05) is 72.5 Å². The van der Waals surface area contributed by atoms with Gasteiger partial charge >= 0.3 is 5.97 Å². The Kier molecular flexibility index (Phi) is 6.93. The molecule has 1 fully saturated rings. The summed E-state index contributed by atoms with van der Waals surface area (Å²) >= 11 is 0. The van der Waals surface area contributed by atoms with Crippen LogP contribution in [0.15, 0.2) is 83.8 Å². The van der Waals surface area contributed by atoms with Crippen LogP contribution in [0.3, 0.4) is 0 Å². The molecule has 7 heteroatoms. The molecule has 0 bridgehead atoms. The summed E-state index contributed by atoms with van der Waals surface area (Å²) in [6, 6.07) is 23.9. The van der Waals surface area contributed by atoms with E-state index < -0.39 is 21.2 Å². The van der Waals surface area contributed by atoms with Crippen LogP contribution in [0.25, 0.3) is 0 Å². The summed E-state index contributed by atoms with van der Waals surface area (Å²) in [4.78, 5) is 13.6. The Morgan fingerprint density at radius 3 is 2.42 bits per heavy atom. The molecule has 1 aliphatic heterocycles. The highest BCUT2D eigenvalue weighted by atomic mass is 32.2. The van der Waals surface area contributed by atoms with Crippen LogP contribution in [0.1, 0.15) is 28.3 Å². The van der Waals surface area contributed by atoms with Gasteiger partial charge in [0, 0.05) is 19.6 Å². The highest BCUT2D eigenvalue weighted by Crippen LogP contribution is 2.34. The number of piperazine rings is 1. The van der Waals surface area contributed by atoms with Crippen molar-refractivity contribution >= 4 is 15.8 Å². The van der Waals surface area contributed by atoms with E-state index in [9.17, 15) is 18.3 Å². The second-order valence-corrected chi connectivity index (χ2v) is 10.5. The quantitative estimate of drug-likeness (QED) is 0.557. The number of carboxylic acids is 1. The van der Waals surface area contributed by atoms with Gasteiger partial charge < -0.3 is 10.4 Å². The zero-order chi connectivity index (χ0) is 23.4. The molecule has 0 radical (unpaired) electrons. The molecule has 3 aromatic rings. The molecule has 3 aromatic carbocycles. The Morgan fingerprint density at radius 2 is 1.73 bits per heavy atom. The molecule has 0 spiro atoms. The van der Waals surface area contributed by atoms with Crippen molar-refractivity contribution < 1.29 is 18.3 Å². The molecular weight excluding hydrogens is 436 g/mol. The third-order valence-electron chi connectivity index (χ3n) is 6.01. The molecule has 0 aliphatic carbocycles. The summed E-state index contributed by atoms with van der Waals surface area (Å²) in [6.45, 7) is 3.45. The van der Waals surface area contributed by atoms with Crippen molar-refractivity contribution in [2.75, 3.05) is 19.6 Å². The number of carboxylic acid groups (broad SMARTS) is 1. The fourth-order valence-corrected chi connectivity index (χ4v) is 6.17. The number of sulfone groups is 1. The fourth-order valence-electron chi connectivity index (χ4n) is 4.42.